The van der Waals surface area contributed by atoms with Crippen LogP contribution in [-0.4, -0.2) is 48.4 Å². The molecular formula is C18H20N2O3S. The highest BCUT2D eigenvalue weighted by molar-refractivity contribution is 7.16. The first-order valence-corrected chi connectivity index (χ1v) is 9.16. The van der Waals surface area contributed by atoms with Crippen molar-refractivity contribution in [2.24, 2.45) is 5.92 Å². The van der Waals surface area contributed by atoms with Crippen molar-refractivity contribution in [3.05, 3.63) is 41.4 Å². The second kappa shape index (κ2) is 7.01. The molecule has 0 radical (unpaired) electrons. The number of rotatable bonds is 3. The minimum atomic E-state index is -0.151. The monoisotopic (exact) mass is 344 g/mol. The van der Waals surface area contributed by atoms with E-state index >= 15 is 0 Å². The first kappa shape index (κ1) is 15.7. The molecule has 24 heavy (non-hydrogen) atoms. The topological polar surface area (TPSA) is 51.7 Å². The molecule has 6 heteroatoms. The Bertz CT molecular complexity index is 697. The van der Waals surface area contributed by atoms with Gasteiger partial charge in [0.2, 0.25) is 0 Å². The van der Waals surface area contributed by atoms with Crippen LogP contribution in [0.25, 0.3) is 10.6 Å². The number of likely N-dealkylation sites (tertiary alicyclic amines) is 1. The van der Waals surface area contributed by atoms with Crippen LogP contribution in [0, 0.1) is 5.92 Å². The van der Waals surface area contributed by atoms with E-state index in [4.69, 9.17) is 9.47 Å². The van der Waals surface area contributed by atoms with E-state index < -0.39 is 0 Å². The van der Waals surface area contributed by atoms with Crippen molar-refractivity contribution >= 4 is 17.2 Å². The van der Waals surface area contributed by atoms with E-state index in [0.717, 1.165) is 30.0 Å². The lowest BCUT2D eigenvalue weighted by Crippen LogP contribution is -2.43. The van der Waals surface area contributed by atoms with Gasteiger partial charge in [0.1, 0.15) is 9.88 Å². The molecule has 1 atom stereocenters. The van der Waals surface area contributed by atoms with E-state index in [1.807, 2.05) is 35.2 Å². The number of aromatic nitrogens is 1. The highest BCUT2D eigenvalue weighted by Crippen LogP contribution is 2.29. The second-order valence-corrected chi connectivity index (χ2v) is 7.19. The van der Waals surface area contributed by atoms with Gasteiger partial charge in [0.25, 0.3) is 5.91 Å². The minimum Gasteiger partial charge on any atom is -0.350 e. The Morgan fingerprint density at radius 1 is 1.21 bits per heavy atom. The quantitative estimate of drug-likeness (QED) is 0.859. The summed E-state index contributed by atoms with van der Waals surface area (Å²) in [5.74, 6) is 0.337. The van der Waals surface area contributed by atoms with Crippen LogP contribution in [0.1, 0.15) is 22.5 Å². The van der Waals surface area contributed by atoms with Crippen molar-refractivity contribution in [2.75, 3.05) is 26.3 Å². The highest BCUT2D eigenvalue weighted by atomic mass is 32.1. The Labute approximate surface area is 145 Å². The van der Waals surface area contributed by atoms with Gasteiger partial charge in [-0.05, 0) is 12.8 Å². The summed E-state index contributed by atoms with van der Waals surface area (Å²) in [6, 6.07) is 9.96. The van der Waals surface area contributed by atoms with Crippen molar-refractivity contribution in [1.82, 2.24) is 9.88 Å². The van der Waals surface area contributed by atoms with Gasteiger partial charge in [-0.3, -0.25) is 4.79 Å². The second-order valence-electron chi connectivity index (χ2n) is 6.16. The van der Waals surface area contributed by atoms with E-state index in [0.29, 0.717) is 24.6 Å². The fourth-order valence-electron chi connectivity index (χ4n) is 3.31. The lowest BCUT2D eigenvalue weighted by molar-refractivity contribution is -0.0969. The van der Waals surface area contributed by atoms with Crippen molar-refractivity contribution in [1.29, 1.82) is 0 Å². The molecule has 1 unspecified atom stereocenters. The van der Waals surface area contributed by atoms with Crippen LogP contribution in [0.15, 0.2) is 36.5 Å². The lowest BCUT2D eigenvalue weighted by Gasteiger charge is -2.34. The molecule has 2 aromatic rings. The molecule has 0 N–H and O–H groups in total. The predicted octanol–water partition coefficient (Wildman–Crippen LogP) is 3.04. The maximum absolute atomic E-state index is 12.8. The fraction of sp³-hybridized carbons (Fsp3) is 0.444. The summed E-state index contributed by atoms with van der Waals surface area (Å²) in [5.41, 5.74) is 1.05. The smallest absolute Gasteiger partial charge is 0.265 e. The standard InChI is InChI=1S/C18H20N2O3S/c21-17(15-11-19-16(24-15)13-5-2-1-3-6-13)20-8-4-7-14(12-20)18-22-9-10-23-18/h1-3,5-6,11,14,18H,4,7-10,12H2. The van der Waals surface area contributed by atoms with Gasteiger partial charge in [-0.25, -0.2) is 4.98 Å². The summed E-state index contributed by atoms with van der Waals surface area (Å²) in [6.07, 6.45) is 3.58. The van der Waals surface area contributed by atoms with E-state index in [-0.39, 0.29) is 18.1 Å². The number of benzene rings is 1. The Morgan fingerprint density at radius 3 is 2.79 bits per heavy atom. The maximum atomic E-state index is 12.8. The van der Waals surface area contributed by atoms with E-state index in [2.05, 4.69) is 4.98 Å². The number of amides is 1. The molecule has 2 aliphatic heterocycles. The molecule has 0 bridgehead atoms. The highest BCUT2D eigenvalue weighted by Gasteiger charge is 2.33. The van der Waals surface area contributed by atoms with Crippen LogP contribution in [0.5, 0.6) is 0 Å². The number of ether oxygens (including phenoxy) is 2. The van der Waals surface area contributed by atoms with Gasteiger partial charge in [-0.1, -0.05) is 30.3 Å². The molecule has 1 amide bonds. The summed E-state index contributed by atoms with van der Waals surface area (Å²) in [7, 11) is 0. The number of carbonyl (C=O) groups is 1. The molecule has 2 aliphatic rings. The molecule has 4 rings (SSSR count). The number of carbonyl (C=O) groups excluding carboxylic acids is 1. The summed E-state index contributed by atoms with van der Waals surface area (Å²) in [6.45, 7) is 2.80. The third kappa shape index (κ3) is 3.22. The summed E-state index contributed by atoms with van der Waals surface area (Å²) in [5, 5.41) is 0.884. The minimum absolute atomic E-state index is 0.0670. The molecule has 1 aromatic carbocycles. The number of nitrogens with zero attached hydrogens (tertiary/aromatic N) is 2. The average Bonchev–Trinajstić information content (AvgIpc) is 3.34. The van der Waals surface area contributed by atoms with Gasteiger partial charge in [0, 0.05) is 24.6 Å². The molecular weight excluding hydrogens is 324 g/mol. The van der Waals surface area contributed by atoms with E-state index in [9.17, 15) is 4.79 Å². The summed E-state index contributed by atoms with van der Waals surface area (Å²) in [4.78, 5) is 19.9. The van der Waals surface area contributed by atoms with Gasteiger partial charge in [-0.15, -0.1) is 11.3 Å². The van der Waals surface area contributed by atoms with Crippen LogP contribution in [0.2, 0.25) is 0 Å². The Balaban J connectivity index is 1.46. The molecule has 2 saturated heterocycles. The third-order valence-corrected chi connectivity index (χ3v) is 5.55. The van der Waals surface area contributed by atoms with Crippen LogP contribution in [0.4, 0.5) is 0 Å². The molecule has 1 aromatic heterocycles. The molecule has 2 fully saturated rings. The van der Waals surface area contributed by atoms with Crippen LogP contribution in [0.3, 0.4) is 0 Å². The van der Waals surface area contributed by atoms with Crippen LogP contribution in [-0.2, 0) is 9.47 Å². The number of thiazole rings is 1. The zero-order valence-electron chi connectivity index (χ0n) is 13.4. The van der Waals surface area contributed by atoms with E-state index in [1.54, 1.807) is 6.20 Å². The zero-order valence-corrected chi connectivity index (χ0v) is 14.2. The Kier molecular flexibility index (Phi) is 4.60. The number of hydrogen-bond donors (Lipinski definition) is 0. The van der Waals surface area contributed by atoms with Crippen molar-refractivity contribution < 1.29 is 14.3 Å². The van der Waals surface area contributed by atoms with Gasteiger partial charge in [-0.2, -0.15) is 0 Å². The lowest BCUT2D eigenvalue weighted by atomic mass is 9.97. The average molecular weight is 344 g/mol. The van der Waals surface area contributed by atoms with Crippen molar-refractivity contribution in [3.63, 3.8) is 0 Å². The number of hydrogen-bond acceptors (Lipinski definition) is 5. The SMILES string of the molecule is O=C(c1cnc(-c2ccccc2)s1)N1CCCC(C2OCCO2)C1. The molecule has 5 nitrogen and oxygen atoms in total. The first-order chi connectivity index (χ1) is 11.8. The first-order valence-electron chi connectivity index (χ1n) is 8.35. The number of piperidine rings is 1. The van der Waals surface area contributed by atoms with Crippen LogP contribution >= 0.6 is 11.3 Å². The Hall–Kier alpha value is -1.76. The fourth-order valence-corrected chi connectivity index (χ4v) is 4.20. The molecule has 0 spiro atoms. The van der Waals surface area contributed by atoms with E-state index in [1.165, 1.54) is 11.3 Å². The van der Waals surface area contributed by atoms with Crippen molar-refractivity contribution in [2.45, 2.75) is 19.1 Å². The maximum Gasteiger partial charge on any atom is 0.265 e. The van der Waals surface area contributed by atoms with Gasteiger partial charge in [0.05, 0.1) is 19.4 Å². The largest absolute Gasteiger partial charge is 0.350 e. The molecule has 126 valence electrons. The van der Waals surface area contributed by atoms with Gasteiger partial charge in [0.15, 0.2) is 6.29 Å². The van der Waals surface area contributed by atoms with Gasteiger partial charge >= 0.3 is 0 Å². The molecule has 3 heterocycles. The molecule has 0 aliphatic carbocycles. The zero-order chi connectivity index (χ0) is 16.4. The predicted molar refractivity (Wildman–Crippen MR) is 91.9 cm³/mol. The summed E-state index contributed by atoms with van der Waals surface area (Å²) >= 11 is 1.46. The normalized spacial score (nSPS) is 22.0. The summed E-state index contributed by atoms with van der Waals surface area (Å²) < 4.78 is 11.2. The Morgan fingerprint density at radius 2 is 2.00 bits per heavy atom. The van der Waals surface area contributed by atoms with Gasteiger partial charge < -0.3 is 14.4 Å². The van der Waals surface area contributed by atoms with Crippen LogP contribution < -0.4 is 0 Å². The van der Waals surface area contributed by atoms with Crippen molar-refractivity contribution in [3.8, 4) is 10.6 Å². The third-order valence-electron chi connectivity index (χ3n) is 4.51. The molecule has 0 saturated carbocycles.